The molecule has 1 aromatic heterocycles. The Morgan fingerprint density at radius 2 is 2.00 bits per heavy atom. The molecule has 3 nitrogen and oxygen atoms in total. The van der Waals surface area contributed by atoms with Gasteiger partial charge in [0.2, 0.25) is 0 Å². The van der Waals surface area contributed by atoms with Crippen LogP contribution < -0.4 is 5.73 Å². The lowest BCUT2D eigenvalue weighted by molar-refractivity contribution is 0.630. The number of rotatable bonds is 4. The largest absolute Gasteiger partial charge is 0.330 e. The molecule has 0 radical (unpaired) electrons. The first-order valence-electron chi connectivity index (χ1n) is 5.66. The van der Waals surface area contributed by atoms with Crippen LogP contribution in [-0.4, -0.2) is 16.3 Å². The summed E-state index contributed by atoms with van der Waals surface area (Å²) >= 11 is 3.45. The van der Waals surface area contributed by atoms with E-state index in [1.807, 2.05) is 17.9 Å². The van der Waals surface area contributed by atoms with Gasteiger partial charge in [-0.2, -0.15) is 5.10 Å². The van der Waals surface area contributed by atoms with E-state index in [9.17, 15) is 0 Å². The first-order valence-corrected chi connectivity index (χ1v) is 6.45. The topological polar surface area (TPSA) is 43.8 Å². The summed E-state index contributed by atoms with van der Waals surface area (Å²) in [5.41, 5.74) is 8.20. The van der Waals surface area contributed by atoms with Crippen LogP contribution in [-0.2, 0) is 7.05 Å². The maximum absolute atomic E-state index is 5.71. The molecule has 0 aliphatic heterocycles. The minimum atomic E-state index is 0.320. The minimum absolute atomic E-state index is 0.320. The van der Waals surface area contributed by atoms with Crippen molar-refractivity contribution in [3.05, 3.63) is 52.3 Å². The van der Waals surface area contributed by atoms with E-state index in [4.69, 9.17) is 5.73 Å². The molecule has 90 valence electrons. The Balaban J connectivity index is 2.35. The maximum atomic E-state index is 5.71. The Kier molecular flexibility index (Phi) is 3.97. The van der Waals surface area contributed by atoms with Gasteiger partial charge in [0.15, 0.2) is 0 Å². The van der Waals surface area contributed by atoms with Crippen LogP contribution in [0.3, 0.4) is 0 Å². The fraction of sp³-hybridized carbons (Fsp3) is 0.308. The molecule has 1 heterocycles. The SMILES string of the molecule is Cn1nccc1C(CCN)c1ccc(Br)cc1. The minimum Gasteiger partial charge on any atom is -0.330 e. The van der Waals surface area contributed by atoms with Crippen LogP contribution in [0.2, 0.25) is 0 Å². The van der Waals surface area contributed by atoms with Crippen molar-refractivity contribution in [2.24, 2.45) is 12.8 Å². The third-order valence-electron chi connectivity index (χ3n) is 2.94. The first-order chi connectivity index (χ1) is 8.22. The zero-order valence-electron chi connectivity index (χ0n) is 9.81. The lowest BCUT2D eigenvalue weighted by Gasteiger charge is -2.17. The van der Waals surface area contributed by atoms with Gasteiger partial charge < -0.3 is 5.73 Å². The zero-order valence-corrected chi connectivity index (χ0v) is 11.4. The Hall–Kier alpha value is -1.13. The molecule has 0 amide bonds. The number of hydrogen-bond donors (Lipinski definition) is 1. The summed E-state index contributed by atoms with van der Waals surface area (Å²) in [4.78, 5) is 0. The molecule has 0 aliphatic carbocycles. The maximum Gasteiger partial charge on any atom is 0.0492 e. The average Bonchev–Trinajstić information content (AvgIpc) is 2.74. The van der Waals surface area contributed by atoms with Crippen LogP contribution in [0, 0.1) is 0 Å². The van der Waals surface area contributed by atoms with Gasteiger partial charge in [0.25, 0.3) is 0 Å². The van der Waals surface area contributed by atoms with Crippen molar-refractivity contribution < 1.29 is 0 Å². The third-order valence-corrected chi connectivity index (χ3v) is 3.47. The van der Waals surface area contributed by atoms with Gasteiger partial charge in [-0.05, 0) is 36.7 Å². The van der Waals surface area contributed by atoms with E-state index in [0.717, 1.165) is 10.9 Å². The van der Waals surface area contributed by atoms with Crippen molar-refractivity contribution >= 4 is 15.9 Å². The van der Waals surface area contributed by atoms with Crippen molar-refractivity contribution in [2.45, 2.75) is 12.3 Å². The van der Waals surface area contributed by atoms with Gasteiger partial charge in [0, 0.05) is 29.3 Å². The number of benzene rings is 1. The molecule has 2 N–H and O–H groups in total. The Morgan fingerprint density at radius 3 is 2.53 bits per heavy atom. The Labute approximate surface area is 110 Å². The number of aryl methyl sites for hydroxylation is 1. The number of aromatic nitrogens is 2. The summed E-state index contributed by atoms with van der Waals surface area (Å²) in [6, 6.07) is 10.5. The highest BCUT2D eigenvalue weighted by molar-refractivity contribution is 9.10. The normalized spacial score (nSPS) is 12.6. The summed E-state index contributed by atoms with van der Waals surface area (Å²) in [5, 5.41) is 4.23. The zero-order chi connectivity index (χ0) is 12.3. The van der Waals surface area contributed by atoms with Gasteiger partial charge in [-0.1, -0.05) is 28.1 Å². The summed E-state index contributed by atoms with van der Waals surface area (Å²) in [6.07, 6.45) is 2.76. The van der Waals surface area contributed by atoms with E-state index < -0.39 is 0 Å². The van der Waals surface area contributed by atoms with E-state index in [2.05, 4.69) is 51.4 Å². The summed E-state index contributed by atoms with van der Waals surface area (Å²) in [5.74, 6) is 0.320. The highest BCUT2D eigenvalue weighted by Crippen LogP contribution is 2.27. The molecule has 17 heavy (non-hydrogen) atoms. The number of nitrogens with zero attached hydrogens (tertiary/aromatic N) is 2. The number of halogens is 1. The second-order valence-corrected chi connectivity index (χ2v) is 4.98. The molecule has 4 heteroatoms. The second-order valence-electron chi connectivity index (χ2n) is 4.06. The van der Waals surface area contributed by atoms with Crippen LogP contribution in [0.25, 0.3) is 0 Å². The predicted molar refractivity (Wildman–Crippen MR) is 72.9 cm³/mol. The molecule has 0 saturated heterocycles. The molecule has 1 atom stereocenters. The molecule has 1 unspecified atom stereocenters. The molecule has 2 rings (SSSR count). The van der Waals surface area contributed by atoms with Crippen molar-refractivity contribution in [3.8, 4) is 0 Å². The molecule has 0 spiro atoms. The molecule has 0 saturated carbocycles. The second kappa shape index (κ2) is 5.47. The van der Waals surface area contributed by atoms with E-state index in [0.29, 0.717) is 12.5 Å². The molecule has 0 fully saturated rings. The van der Waals surface area contributed by atoms with E-state index in [-0.39, 0.29) is 0 Å². The molecule has 2 aromatic rings. The van der Waals surface area contributed by atoms with Crippen LogP contribution in [0.4, 0.5) is 0 Å². The van der Waals surface area contributed by atoms with Gasteiger partial charge in [-0.15, -0.1) is 0 Å². The lowest BCUT2D eigenvalue weighted by Crippen LogP contribution is -2.12. The Morgan fingerprint density at radius 1 is 1.29 bits per heavy atom. The van der Waals surface area contributed by atoms with Crippen LogP contribution >= 0.6 is 15.9 Å². The molecule has 0 aliphatic rings. The molecule has 1 aromatic carbocycles. The van der Waals surface area contributed by atoms with Crippen molar-refractivity contribution in [1.29, 1.82) is 0 Å². The summed E-state index contributed by atoms with van der Waals surface area (Å²) in [6.45, 7) is 0.673. The Bertz CT molecular complexity index is 476. The summed E-state index contributed by atoms with van der Waals surface area (Å²) in [7, 11) is 1.97. The molecular formula is C13H16BrN3. The van der Waals surface area contributed by atoms with Gasteiger partial charge in [-0.25, -0.2) is 0 Å². The van der Waals surface area contributed by atoms with Crippen LogP contribution in [0.15, 0.2) is 41.0 Å². The van der Waals surface area contributed by atoms with Gasteiger partial charge >= 0.3 is 0 Å². The van der Waals surface area contributed by atoms with Gasteiger partial charge in [0.1, 0.15) is 0 Å². The van der Waals surface area contributed by atoms with Crippen LogP contribution in [0.1, 0.15) is 23.6 Å². The predicted octanol–water partition coefficient (Wildman–Crippen LogP) is 2.66. The van der Waals surface area contributed by atoms with Gasteiger partial charge in [-0.3, -0.25) is 4.68 Å². The average molecular weight is 294 g/mol. The van der Waals surface area contributed by atoms with Crippen molar-refractivity contribution in [2.75, 3.05) is 6.54 Å². The van der Waals surface area contributed by atoms with Crippen LogP contribution in [0.5, 0.6) is 0 Å². The van der Waals surface area contributed by atoms with E-state index in [1.54, 1.807) is 0 Å². The van der Waals surface area contributed by atoms with Gasteiger partial charge in [0.05, 0.1) is 0 Å². The fourth-order valence-electron chi connectivity index (χ4n) is 2.07. The third kappa shape index (κ3) is 2.76. The smallest absolute Gasteiger partial charge is 0.0492 e. The molecular weight excluding hydrogens is 278 g/mol. The highest BCUT2D eigenvalue weighted by Gasteiger charge is 2.16. The van der Waals surface area contributed by atoms with Crippen molar-refractivity contribution in [3.63, 3.8) is 0 Å². The van der Waals surface area contributed by atoms with E-state index in [1.165, 1.54) is 11.3 Å². The fourth-order valence-corrected chi connectivity index (χ4v) is 2.34. The van der Waals surface area contributed by atoms with Crippen molar-refractivity contribution in [1.82, 2.24) is 9.78 Å². The molecule has 0 bridgehead atoms. The lowest BCUT2D eigenvalue weighted by atomic mass is 9.92. The number of hydrogen-bond acceptors (Lipinski definition) is 2. The highest BCUT2D eigenvalue weighted by atomic mass is 79.9. The first kappa shape index (κ1) is 12.3. The quantitative estimate of drug-likeness (QED) is 0.942. The standard InChI is InChI=1S/C13H16BrN3/c1-17-13(7-9-16-17)12(6-8-15)10-2-4-11(14)5-3-10/h2-5,7,9,12H,6,8,15H2,1H3. The van der Waals surface area contributed by atoms with E-state index >= 15 is 0 Å². The monoisotopic (exact) mass is 293 g/mol. The number of nitrogens with two attached hydrogens (primary N) is 1. The summed E-state index contributed by atoms with van der Waals surface area (Å²) < 4.78 is 3.01.